The Bertz CT molecular complexity index is 533. The first-order valence-corrected chi connectivity index (χ1v) is 4.94. The van der Waals surface area contributed by atoms with Crippen molar-refractivity contribution in [2.75, 3.05) is 0 Å². The van der Waals surface area contributed by atoms with Gasteiger partial charge < -0.3 is 9.52 Å². The van der Waals surface area contributed by atoms with Gasteiger partial charge in [0.25, 0.3) is 0 Å². The molecule has 0 saturated carbocycles. The van der Waals surface area contributed by atoms with E-state index in [0.717, 1.165) is 0 Å². The van der Waals surface area contributed by atoms with Crippen molar-refractivity contribution in [3.05, 3.63) is 34.2 Å². The molecule has 0 bridgehead atoms. The number of furan rings is 1. The van der Waals surface area contributed by atoms with Crippen LogP contribution in [0.2, 0.25) is 0 Å². The molecular weight excluding hydrogens is 267 g/mol. The number of rotatable bonds is 2. The van der Waals surface area contributed by atoms with E-state index in [2.05, 4.69) is 15.9 Å². The largest absolute Gasteiger partial charge is 0.481 e. The molecule has 2 rings (SSSR count). The highest BCUT2D eigenvalue weighted by Gasteiger charge is 2.13. The SMILES string of the molecule is O=C(O)Cc1coc2c(F)cc(Br)cc12. The zero-order valence-corrected chi connectivity index (χ0v) is 9.04. The molecule has 2 aromatic rings. The van der Waals surface area contributed by atoms with E-state index in [0.29, 0.717) is 15.4 Å². The molecule has 0 aliphatic carbocycles. The highest BCUT2D eigenvalue weighted by molar-refractivity contribution is 9.10. The first-order chi connectivity index (χ1) is 7.08. The number of hydrogen-bond donors (Lipinski definition) is 1. The first-order valence-electron chi connectivity index (χ1n) is 4.15. The summed E-state index contributed by atoms with van der Waals surface area (Å²) in [4.78, 5) is 10.5. The van der Waals surface area contributed by atoms with E-state index >= 15 is 0 Å². The Hall–Kier alpha value is -1.36. The Morgan fingerprint density at radius 2 is 2.27 bits per heavy atom. The quantitative estimate of drug-likeness (QED) is 0.915. The maximum absolute atomic E-state index is 13.3. The highest BCUT2D eigenvalue weighted by Crippen LogP contribution is 2.27. The lowest BCUT2D eigenvalue weighted by molar-refractivity contribution is -0.136. The Labute approximate surface area is 92.6 Å². The Morgan fingerprint density at radius 1 is 1.53 bits per heavy atom. The predicted octanol–water partition coefficient (Wildman–Crippen LogP) is 2.96. The summed E-state index contributed by atoms with van der Waals surface area (Å²) in [5.41, 5.74) is 0.562. The van der Waals surface area contributed by atoms with Gasteiger partial charge in [-0.05, 0) is 12.1 Å². The molecule has 1 heterocycles. The summed E-state index contributed by atoms with van der Waals surface area (Å²) in [6.07, 6.45) is 1.09. The summed E-state index contributed by atoms with van der Waals surface area (Å²) < 4.78 is 18.9. The van der Waals surface area contributed by atoms with Crippen molar-refractivity contribution < 1.29 is 18.7 Å². The van der Waals surface area contributed by atoms with Crippen LogP contribution in [0.15, 0.2) is 27.3 Å². The average molecular weight is 273 g/mol. The second kappa shape index (κ2) is 3.66. The molecule has 1 N–H and O–H groups in total. The van der Waals surface area contributed by atoms with E-state index in [1.165, 1.54) is 12.3 Å². The number of hydrogen-bond acceptors (Lipinski definition) is 2. The summed E-state index contributed by atoms with van der Waals surface area (Å²) in [6, 6.07) is 2.91. The topological polar surface area (TPSA) is 50.4 Å². The van der Waals surface area contributed by atoms with E-state index in [1.807, 2.05) is 0 Å². The van der Waals surface area contributed by atoms with Gasteiger partial charge in [-0.2, -0.15) is 0 Å². The number of aliphatic carboxylic acids is 1. The molecule has 0 fully saturated rings. The maximum Gasteiger partial charge on any atom is 0.307 e. The Balaban J connectivity index is 2.63. The molecule has 1 aromatic heterocycles. The molecule has 0 unspecified atom stereocenters. The third-order valence-corrected chi connectivity index (χ3v) is 2.47. The maximum atomic E-state index is 13.3. The van der Waals surface area contributed by atoms with Crippen molar-refractivity contribution in [1.29, 1.82) is 0 Å². The van der Waals surface area contributed by atoms with Crippen molar-refractivity contribution in [2.24, 2.45) is 0 Å². The van der Waals surface area contributed by atoms with Gasteiger partial charge in [-0.25, -0.2) is 4.39 Å². The van der Waals surface area contributed by atoms with Crippen molar-refractivity contribution in [3.8, 4) is 0 Å². The number of benzene rings is 1. The summed E-state index contributed by atoms with van der Waals surface area (Å²) in [6.45, 7) is 0. The number of fused-ring (bicyclic) bond motifs is 1. The standard InChI is InChI=1S/C10H6BrFO3/c11-6-2-7-5(1-9(13)14)4-15-10(7)8(12)3-6/h2-4H,1H2,(H,13,14). The van der Waals surface area contributed by atoms with E-state index in [-0.39, 0.29) is 12.0 Å². The van der Waals surface area contributed by atoms with Gasteiger partial charge in [-0.1, -0.05) is 15.9 Å². The van der Waals surface area contributed by atoms with Crippen LogP contribution in [0.4, 0.5) is 4.39 Å². The van der Waals surface area contributed by atoms with E-state index in [9.17, 15) is 9.18 Å². The van der Waals surface area contributed by atoms with Crippen LogP contribution in [0.25, 0.3) is 11.0 Å². The average Bonchev–Trinajstić information content (AvgIpc) is 2.48. The van der Waals surface area contributed by atoms with Crippen molar-refractivity contribution in [2.45, 2.75) is 6.42 Å². The van der Waals surface area contributed by atoms with Gasteiger partial charge in [0.1, 0.15) is 0 Å². The molecule has 0 aliphatic heterocycles. The van der Waals surface area contributed by atoms with Gasteiger partial charge in [0.2, 0.25) is 0 Å². The fourth-order valence-electron chi connectivity index (χ4n) is 1.41. The Kier molecular flexibility index (Phi) is 2.48. The molecule has 3 nitrogen and oxygen atoms in total. The molecule has 0 saturated heterocycles. The summed E-state index contributed by atoms with van der Waals surface area (Å²) in [5.74, 6) is -1.48. The fourth-order valence-corrected chi connectivity index (χ4v) is 1.84. The lowest BCUT2D eigenvalue weighted by Gasteiger charge is -1.95. The first kappa shape index (κ1) is 10.2. The van der Waals surface area contributed by atoms with Gasteiger partial charge in [-0.3, -0.25) is 4.79 Å². The zero-order valence-electron chi connectivity index (χ0n) is 7.46. The van der Waals surface area contributed by atoms with Gasteiger partial charge in [0, 0.05) is 15.4 Å². The van der Waals surface area contributed by atoms with E-state index < -0.39 is 11.8 Å². The van der Waals surface area contributed by atoms with Crippen LogP contribution in [0.3, 0.4) is 0 Å². The smallest absolute Gasteiger partial charge is 0.307 e. The van der Waals surface area contributed by atoms with E-state index in [1.54, 1.807) is 6.07 Å². The number of carboxylic acids is 1. The molecule has 78 valence electrons. The van der Waals surface area contributed by atoms with Crippen LogP contribution in [-0.2, 0) is 11.2 Å². The summed E-state index contributed by atoms with van der Waals surface area (Å²) >= 11 is 3.14. The molecule has 0 aliphatic rings. The van der Waals surface area contributed by atoms with Crippen molar-refractivity contribution in [1.82, 2.24) is 0 Å². The van der Waals surface area contributed by atoms with Gasteiger partial charge in [0.15, 0.2) is 11.4 Å². The minimum absolute atomic E-state index is 0.0921. The number of carbonyl (C=O) groups is 1. The van der Waals surface area contributed by atoms with Crippen molar-refractivity contribution >= 4 is 32.9 Å². The van der Waals surface area contributed by atoms with Crippen molar-refractivity contribution in [3.63, 3.8) is 0 Å². The summed E-state index contributed by atoms with van der Waals surface area (Å²) in [7, 11) is 0. The lowest BCUT2D eigenvalue weighted by Crippen LogP contribution is -1.98. The monoisotopic (exact) mass is 272 g/mol. The van der Waals surface area contributed by atoms with Gasteiger partial charge in [-0.15, -0.1) is 0 Å². The van der Waals surface area contributed by atoms with E-state index in [4.69, 9.17) is 9.52 Å². The summed E-state index contributed by atoms with van der Waals surface area (Å²) in [5, 5.41) is 9.13. The van der Waals surface area contributed by atoms with Crippen LogP contribution in [0.1, 0.15) is 5.56 Å². The molecule has 0 radical (unpaired) electrons. The van der Waals surface area contributed by atoms with Crippen LogP contribution in [0, 0.1) is 5.82 Å². The van der Waals surface area contributed by atoms with Crippen LogP contribution in [-0.4, -0.2) is 11.1 Å². The normalized spacial score (nSPS) is 10.8. The lowest BCUT2D eigenvalue weighted by atomic mass is 10.1. The molecule has 15 heavy (non-hydrogen) atoms. The number of carboxylic acid groups (broad SMARTS) is 1. The minimum atomic E-state index is -0.974. The molecular formula is C10H6BrFO3. The number of halogens is 2. The third-order valence-electron chi connectivity index (χ3n) is 2.02. The van der Waals surface area contributed by atoms with Crippen LogP contribution in [0.5, 0.6) is 0 Å². The highest BCUT2D eigenvalue weighted by atomic mass is 79.9. The molecule has 5 heteroatoms. The molecule has 1 aromatic carbocycles. The van der Waals surface area contributed by atoms with Crippen LogP contribution >= 0.6 is 15.9 Å². The molecule has 0 atom stereocenters. The van der Waals surface area contributed by atoms with Crippen LogP contribution < -0.4 is 0 Å². The zero-order chi connectivity index (χ0) is 11.0. The predicted molar refractivity (Wildman–Crippen MR) is 55.2 cm³/mol. The third kappa shape index (κ3) is 1.87. The molecule has 0 spiro atoms. The fraction of sp³-hybridized carbons (Fsp3) is 0.100. The Morgan fingerprint density at radius 3 is 2.93 bits per heavy atom. The molecule has 0 amide bonds. The minimum Gasteiger partial charge on any atom is -0.481 e. The second-order valence-electron chi connectivity index (χ2n) is 3.10. The van der Waals surface area contributed by atoms with Gasteiger partial charge >= 0.3 is 5.97 Å². The second-order valence-corrected chi connectivity index (χ2v) is 4.01. The van der Waals surface area contributed by atoms with Gasteiger partial charge in [0.05, 0.1) is 12.7 Å².